The number of benzene rings is 2. The van der Waals surface area contributed by atoms with E-state index < -0.39 is 0 Å². The summed E-state index contributed by atoms with van der Waals surface area (Å²) in [6.07, 6.45) is 2.54. The number of aryl methyl sites for hydroxylation is 2. The molecule has 0 aliphatic carbocycles. The highest BCUT2D eigenvalue weighted by atomic mass is 32.1. The van der Waals surface area contributed by atoms with Crippen molar-refractivity contribution in [2.75, 3.05) is 5.32 Å². The Morgan fingerprint density at radius 3 is 2.54 bits per heavy atom. The van der Waals surface area contributed by atoms with Crippen LogP contribution in [0, 0.1) is 6.92 Å². The van der Waals surface area contributed by atoms with Crippen LogP contribution < -0.4 is 5.32 Å². The molecule has 140 valence electrons. The molecule has 0 unspecified atom stereocenters. The fraction of sp³-hybridized carbons (Fsp3) is 0.143. The van der Waals surface area contributed by atoms with Crippen molar-refractivity contribution in [2.24, 2.45) is 0 Å². The predicted octanol–water partition coefficient (Wildman–Crippen LogP) is 4.51. The van der Waals surface area contributed by atoms with Gasteiger partial charge in [-0.25, -0.2) is 4.68 Å². The number of carbonyl (C=O) groups is 1. The number of para-hydroxylation sites is 1. The van der Waals surface area contributed by atoms with Crippen molar-refractivity contribution in [2.45, 2.75) is 20.3 Å². The van der Waals surface area contributed by atoms with Crippen LogP contribution >= 0.6 is 11.3 Å². The lowest BCUT2D eigenvalue weighted by Crippen LogP contribution is -2.12. The van der Waals surface area contributed by atoms with Crippen molar-refractivity contribution in [3.63, 3.8) is 0 Å². The fourth-order valence-corrected chi connectivity index (χ4v) is 3.58. The number of nitrogens with zero attached hydrogens (tertiary/aromatic N) is 4. The third-order valence-corrected chi connectivity index (χ3v) is 5.35. The van der Waals surface area contributed by atoms with Crippen LogP contribution in [-0.2, 0) is 6.42 Å². The van der Waals surface area contributed by atoms with Crippen LogP contribution in [-0.4, -0.2) is 25.9 Å². The average Bonchev–Trinajstić information content (AvgIpc) is 3.36. The van der Waals surface area contributed by atoms with Gasteiger partial charge in [0.1, 0.15) is 10.7 Å². The number of aromatic nitrogens is 4. The van der Waals surface area contributed by atoms with E-state index in [1.54, 1.807) is 10.9 Å². The van der Waals surface area contributed by atoms with E-state index in [4.69, 9.17) is 5.10 Å². The van der Waals surface area contributed by atoms with E-state index in [2.05, 4.69) is 15.5 Å². The zero-order valence-electron chi connectivity index (χ0n) is 15.6. The summed E-state index contributed by atoms with van der Waals surface area (Å²) in [5, 5.41) is 17.1. The molecule has 0 aliphatic rings. The van der Waals surface area contributed by atoms with Gasteiger partial charge in [0.15, 0.2) is 0 Å². The lowest BCUT2D eigenvalue weighted by molar-refractivity contribution is 0.102. The minimum Gasteiger partial charge on any atom is -0.296 e. The molecule has 2 heterocycles. The first-order valence-electron chi connectivity index (χ1n) is 9.00. The number of carbonyl (C=O) groups excluding carboxylic acids is 1. The number of hydrogen-bond donors (Lipinski definition) is 1. The van der Waals surface area contributed by atoms with Crippen LogP contribution in [0.2, 0.25) is 0 Å². The first kappa shape index (κ1) is 18.1. The lowest BCUT2D eigenvalue weighted by atomic mass is 10.0. The summed E-state index contributed by atoms with van der Waals surface area (Å²) in [6.45, 7) is 4.02. The molecule has 0 saturated carbocycles. The molecule has 0 fully saturated rings. The monoisotopic (exact) mass is 389 g/mol. The Hall–Kier alpha value is -3.32. The molecule has 4 aromatic rings. The van der Waals surface area contributed by atoms with Gasteiger partial charge in [-0.3, -0.25) is 10.1 Å². The van der Waals surface area contributed by atoms with Crippen molar-refractivity contribution < 1.29 is 4.79 Å². The Labute approximate surface area is 166 Å². The quantitative estimate of drug-likeness (QED) is 0.545. The normalized spacial score (nSPS) is 10.8. The molecule has 0 bridgehead atoms. The van der Waals surface area contributed by atoms with Crippen molar-refractivity contribution >= 4 is 22.4 Å². The molecule has 0 saturated heterocycles. The summed E-state index contributed by atoms with van der Waals surface area (Å²) in [5.74, 6) is -0.251. The second-order valence-corrected chi connectivity index (χ2v) is 7.36. The number of hydrogen-bond acceptors (Lipinski definition) is 5. The SMILES string of the molecule is CCc1nnc(NC(=O)c2cn(-c3ccccc3)nc2-c2ccccc2C)s1. The molecule has 7 heteroatoms. The van der Waals surface area contributed by atoms with Gasteiger partial charge in [0, 0.05) is 11.8 Å². The molecule has 0 radical (unpaired) electrons. The lowest BCUT2D eigenvalue weighted by Gasteiger charge is -2.05. The Bertz CT molecular complexity index is 1120. The largest absolute Gasteiger partial charge is 0.296 e. The minimum absolute atomic E-state index is 0.251. The molecule has 28 heavy (non-hydrogen) atoms. The van der Waals surface area contributed by atoms with Crippen molar-refractivity contribution in [3.05, 3.63) is 76.9 Å². The maximum atomic E-state index is 13.0. The van der Waals surface area contributed by atoms with Gasteiger partial charge >= 0.3 is 0 Å². The summed E-state index contributed by atoms with van der Waals surface area (Å²) in [7, 11) is 0. The number of rotatable bonds is 5. The topological polar surface area (TPSA) is 72.7 Å². The van der Waals surface area contributed by atoms with E-state index in [0.717, 1.165) is 28.2 Å². The highest BCUT2D eigenvalue weighted by molar-refractivity contribution is 7.15. The number of amides is 1. The van der Waals surface area contributed by atoms with E-state index in [9.17, 15) is 4.79 Å². The predicted molar refractivity (Wildman–Crippen MR) is 111 cm³/mol. The Balaban J connectivity index is 1.77. The molecule has 0 atom stereocenters. The van der Waals surface area contributed by atoms with Crippen LogP contribution in [0.5, 0.6) is 0 Å². The van der Waals surface area contributed by atoms with E-state index in [0.29, 0.717) is 16.4 Å². The molecule has 1 N–H and O–H groups in total. The molecule has 4 rings (SSSR count). The van der Waals surface area contributed by atoms with Crippen LogP contribution in [0.4, 0.5) is 5.13 Å². The summed E-state index contributed by atoms with van der Waals surface area (Å²) in [6, 6.07) is 17.6. The van der Waals surface area contributed by atoms with Gasteiger partial charge in [0.25, 0.3) is 5.91 Å². The van der Waals surface area contributed by atoms with Crippen LogP contribution in [0.25, 0.3) is 16.9 Å². The third kappa shape index (κ3) is 3.57. The number of anilines is 1. The van der Waals surface area contributed by atoms with E-state index >= 15 is 0 Å². The zero-order chi connectivity index (χ0) is 19.5. The van der Waals surface area contributed by atoms with Crippen molar-refractivity contribution in [1.29, 1.82) is 0 Å². The first-order chi connectivity index (χ1) is 13.7. The van der Waals surface area contributed by atoms with Crippen LogP contribution in [0.15, 0.2) is 60.8 Å². The van der Waals surface area contributed by atoms with Crippen molar-refractivity contribution in [3.8, 4) is 16.9 Å². The molecular formula is C21H19N5OS. The highest BCUT2D eigenvalue weighted by Crippen LogP contribution is 2.27. The first-order valence-corrected chi connectivity index (χ1v) is 9.82. The van der Waals surface area contributed by atoms with Gasteiger partial charge < -0.3 is 0 Å². The summed E-state index contributed by atoms with van der Waals surface area (Å²) in [5.41, 5.74) is 4.00. The maximum Gasteiger partial charge on any atom is 0.261 e. The van der Waals surface area contributed by atoms with E-state index in [-0.39, 0.29) is 5.91 Å². The van der Waals surface area contributed by atoms with Gasteiger partial charge in [0.2, 0.25) is 5.13 Å². The number of nitrogens with one attached hydrogen (secondary N) is 1. The molecule has 1 amide bonds. The van der Waals surface area contributed by atoms with Crippen LogP contribution in [0.1, 0.15) is 27.9 Å². The molecule has 0 spiro atoms. The van der Waals surface area contributed by atoms with E-state index in [1.807, 2.05) is 68.4 Å². The third-order valence-electron chi connectivity index (χ3n) is 4.37. The Morgan fingerprint density at radius 2 is 1.82 bits per heavy atom. The summed E-state index contributed by atoms with van der Waals surface area (Å²) in [4.78, 5) is 13.0. The van der Waals surface area contributed by atoms with Crippen molar-refractivity contribution in [1.82, 2.24) is 20.0 Å². The summed E-state index contributed by atoms with van der Waals surface area (Å²) >= 11 is 1.38. The second-order valence-electron chi connectivity index (χ2n) is 6.30. The molecule has 2 aromatic carbocycles. The van der Waals surface area contributed by atoms with Gasteiger partial charge in [-0.15, -0.1) is 10.2 Å². The average molecular weight is 389 g/mol. The summed E-state index contributed by atoms with van der Waals surface area (Å²) < 4.78 is 1.73. The highest BCUT2D eigenvalue weighted by Gasteiger charge is 2.21. The van der Waals surface area contributed by atoms with Gasteiger partial charge in [-0.2, -0.15) is 5.10 Å². The molecule has 0 aliphatic heterocycles. The molecular weight excluding hydrogens is 370 g/mol. The second kappa shape index (κ2) is 7.74. The van der Waals surface area contributed by atoms with E-state index in [1.165, 1.54) is 11.3 Å². The Morgan fingerprint density at radius 1 is 1.07 bits per heavy atom. The standard InChI is InChI=1S/C21H19N5OS/c1-3-18-23-24-21(28-18)22-20(27)17-13-26(15-10-5-4-6-11-15)25-19(17)16-12-8-7-9-14(16)2/h4-13H,3H2,1-2H3,(H,22,24,27). The minimum atomic E-state index is -0.251. The Kier molecular flexibility index (Phi) is 4.99. The maximum absolute atomic E-state index is 13.0. The van der Waals surface area contributed by atoms with Crippen LogP contribution in [0.3, 0.4) is 0 Å². The van der Waals surface area contributed by atoms with Gasteiger partial charge in [-0.05, 0) is 31.0 Å². The molecule has 6 nitrogen and oxygen atoms in total. The fourth-order valence-electron chi connectivity index (χ4n) is 2.90. The van der Waals surface area contributed by atoms with Gasteiger partial charge in [0.05, 0.1) is 11.3 Å². The smallest absolute Gasteiger partial charge is 0.261 e. The molecule has 2 aromatic heterocycles. The zero-order valence-corrected chi connectivity index (χ0v) is 16.4. The van der Waals surface area contributed by atoms with Gasteiger partial charge in [-0.1, -0.05) is 60.7 Å².